The quantitative estimate of drug-likeness (QED) is 0.780. The molecule has 1 aliphatic rings. The third-order valence-corrected chi connectivity index (χ3v) is 5.18. The van der Waals surface area contributed by atoms with Crippen LogP contribution in [0.15, 0.2) is 52.4 Å². The minimum Gasteiger partial charge on any atom is -0.314 e. The fourth-order valence-electron chi connectivity index (χ4n) is 2.26. The first-order valence-corrected chi connectivity index (χ1v) is 8.11. The molecule has 4 nitrogen and oxygen atoms in total. The Morgan fingerprint density at radius 1 is 1.09 bits per heavy atom. The molecule has 0 spiro atoms. The normalized spacial score (nSPS) is 15.6. The molecule has 116 valence electrons. The number of halogens is 3. The van der Waals surface area contributed by atoms with E-state index in [0.29, 0.717) is 6.07 Å². The summed E-state index contributed by atoms with van der Waals surface area (Å²) >= 11 is 5.90. The maximum Gasteiger partial charge on any atom is 0.220 e. The zero-order chi connectivity index (χ0) is 16.8. The molecule has 8 heteroatoms. The van der Waals surface area contributed by atoms with Crippen LogP contribution in [0.2, 0.25) is 5.02 Å². The van der Waals surface area contributed by atoms with Crippen molar-refractivity contribution in [1.82, 2.24) is 0 Å². The van der Waals surface area contributed by atoms with Crippen LogP contribution in [0.25, 0.3) is 0 Å². The molecule has 1 heterocycles. The highest BCUT2D eigenvalue weighted by molar-refractivity contribution is 7.95. The molecule has 2 aromatic rings. The molecule has 0 aromatic heterocycles. The molecule has 3 rings (SSSR count). The Balaban J connectivity index is 2.33. The van der Waals surface area contributed by atoms with Crippen LogP contribution >= 0.6 is 11.6 Å². The Morgan fingerprint density at radius 2 is 1.74 bits per heavy atom. The molecule has 23 heavy (non-hydrogen) atoms. The average molecular weight is 353 g/mol. The summed E-state index contributed by atoms with van der Waals surface area (Å²) in [5.74, 6) is -1.66. The third-order valence-electron chi connectivity index (χ3n) is 3.24. The van der Waals surface area contributed by atoms with E-state index >= 15 is 0 Å². The Kier molecular flexibility index (Phi) is 3.59. The topological polar surface area (TPSA) is 61.2 Å². The lowest BCUT2D eigenvalue weighted by Crippen LogP contribution is -2.21. The summed E-state index contributed by atoms with van der Waals surface area (Å²) in [6.45, 7) is 0. The molecule has 0 amide bonds. The maximum absolute atomic E-state index is 13.5. The van der Waals surface area contributed by atoms with E-state index in [2.05, 4.69) is 0 Å². The Bertz CT molecular complexity index is 977. The summed E-state index contributed by atoms with van der Waals surface area (Å²) in [5, 5.41) is 9.33. The van der Waals surface area contributed by atoms with Crippen molar-refractivity contribution >= 4 is 32.8 Å². The van der Waals surface area contributed by atoms with Gasteiger partial charge in [0.15, 0.2) is 4.91 Å². The van der Waals surface area contributed by atoms with E-state index in [4.69, 9.17) is 16.9 Å². The van der Waals surface area contributed by atoms with Crippen molar-refractivity contribution in [2.75, 3.05) is 4.90 Å². The zero-order valence-corrected chi connectivity index (χ0v) is 12.9. The predicted octanol–water partition coefficient (Wildman–Crippen LogP) is 3.91. The van der Waals surface area contributed by atoms with Crippen LogP contribution < -0.4 is 4.90 Å². The Hall–Kier alpha value is -2.43. The predicted molar refractivity (Wildman–Crippen MR) is 80.8 cm³/mol. The summed E-state index contributed by atoms with van der Waals surface area (Å²) in [6.07, 6.45) is 1.02. The Labute approximate surface area is 135 Å². The number of hydrogen-bond donors (Lipinski definition) is 0. The summed E-state index contributed by atoms with van der Waals surface area (Å²) in [6, 6.07) is 8.29. The fraction of sp³-hybridized carbons (Fsp3) is 0. The number of fused-ring (bicyclic) bond motifs is 1. The van der Waals surface area contributed by atoms with Crippen LogP contribution in [0.3, 0.4) is 0 Å². The molecule has 0 saturated heterocycles. The van der Waals surface area contributed by atoms with Crippen LogP contribution in [0.4, 0.5) is 20.2 Å². The fourth-order valence-corrected chi connectivity index (χ4v) is 3.71. The SMILES string of the molecule is N#CC1=CN(c2cc(F)cc(F)c2)c2cc(Cl)ccc2S1(=O)=O. The van der Waals surface area contributed by atoms with Gasteiger partial charge in [0.25, 0.3) is 0 Å². The van der Waals surface area contributed by atoms with Gasteiger partial charge in [0.2, 0.25) is 9.84 Å². The molecule has 0 fully saturated rings. The first-order chi connectivity index (χ1) is 10.8. The number of allylic oxidation sites excluding steroid dienone is 1. The van der Waals surface area contributed by atoms with Gasteiger partial charge in [-0.05, 0) is 30.3 Å². The second kappa shape index (κ2) is 5.33. The Morgan fingerprint density at radius 3 is 2.35 bits per heavy atom. The van der Waals surface area contributed by atoms with Crippen molar-refractivity contribution in [2.24, 2.45) is 0 Å². The van der Waals surface area contributed by atoms with Gasteiger partial charge < -0.3 is 4.90 Å². The van der Waals surface area contributed by atoms with E-state index in [1.165, 1.54) is 23.1 Å². The second-order valence-electron chi connectivity index (χ2n) is 4.72. The smallest absolute Gasteiger partial charge is 0.220 e. The molecular formula is C15H7ClF2N2O2S. The van der Waals surface area contributed by atoms with Crippen LogP contribution in [-0.4, -0.2) is 8.42 Å². The van der Waals surface area contributed by atoms with Crippen LogP contribution in [0.5, 0.6) is 0 Å². The van der Waals surface area contributed by atoms with Gasteiger partial charge in [-0.3, -0.25) is 0 Å². The minimum atomic E-state index is -4.00. The highest BCUT2D eigenvalue weighted by Crippen LogP contribution is 2.40. The van der Waals surface area contributed by atoms with E-state index in [1.54, 1.807) is 6.07 Å². The molecule has 0 unspecified atom stereocenters. The molecule has 0 saturated carbocycles. The number of sulfone groups is 1. The van der Waals surface area contributed by atoms with Gasteiger partial charge in [-0.1, -0.05) is 11.6 Å². The number of nitriles is 1. The number of anilines is 2. The van der Waals surface area contributed by atoms with Gasteiger partial charge in [0, 0.05) is 17.3 Å². The van der Waals surface area contributed by atoms with Crippen molar-refractivity contribution < 1.29 is 17.2 Å². The largest absolute Gasteiger partial charge is 0.314 e. The van der Waals surface area contributed by atoms with Gasteiger partial charge in [-0.25, -0.2) is 17.2 Å². The summed E-state index contributed by atoms with van der Waals surface area (Å²) in [4.78, 5) is 0.523. The van der Waals surface area contributed by atoms with Crippen molar-refractivity contribution in [3.05, 3.63) is 64.2 Å². The molecule has 0 aliphatic carbocycles. The number of rotatable bonds is 1. The van der Waals surface area contributed by atoms with Crippen molar-refractivity contribution in [2.45, 2.75) is 4.90 Å². The van der Waals surface area contributed by atoms with Crippen molar-refractivity contribution in [1.29, 1.82) is 5.26 Å². The lowest BCUT2D eigenvalue weighted by molar-refractivity contribution is 0.583. The molecule has 0 radical (unpaired) electrons. The molecule has 0 bridgehead atoms. The van der Waals surface area contributed by atoms with Crippen molar-refractivity contribution in [3.8, 4) is 6.07 Å². The molecule has 1 aliphatic heterocycles. The van der Waals surface area contributed by atoms with Crippen LogP contribution in [0, 0.1) is 23.0 Å². The molecule has 2 aromatic carbocycles. The number of hydrogen-bond acceptors (Lipinski definition) is 4. The monoisotopic (exact) mass is 352 g/mol. The third kappa shape index (κ3) is 2.56. The first kappa shape index (κ1) is 15.5. The first-order valence-electron chi connectivity index (χ1n) is 6.25. The average Bonchev–Trinajstić information content (AvgIpc) is 2.46. The maximum atomic E-state index is 13.5. The standard InChI is InChI=1S/C15H7ClF2N2O2S/c16-9-1-2-15-14(3-9)20(8-13(7-19)23(15,21)22)12-5-10(17)4-11(18)6-12/h1-6,8H. The van der Waals surface area contributed by atoms with Crippen LogP contribution in [0.1, 0.15) is 0 Å². The van der Waals surface area contributed by atoms with E-state index < -0.39 is 26.4 Å². The summed E-state index contributed by atoms with van der Waals surface area (Å²) < 4.78 is 51.6. The molecule has 0 N–H and O–H groups in total. The van der Waals surface area contributed by atoms with E-state index in [1.807, 2.05) is 0 Å². The van der Waals surface area contributed by atoms with Gasteiger partial charge in [-0.15, -0.1) is 0 Å². The van der Waals surface area contributed by atoms with Gasteiger partial charge >= 0.3 is 0 Å². The van der Waals surface area contributed by atoms with Crippen LogP contribution in [-0.2, 0) is 9.84 Å². The zero-order valence-electron chi connectivity index (χ0n) is 11.3. The lowest BCUT2D eigenvalue weighted by atomic mass is 10.2. The van der Waals surface area contributed by atoms with E-state index in [-0.39, 0.29) is 21.3 Å². The summed E-state index contributed by atoms with van der Waals surface area (Å²) in [7, 11) is -4.00. The van der Waals surface area contributed by atoms with Gasteiger partial charge in [0.1, 0.15) is 17.7 Å². The lowest BCUT2D eigenvalue weighted by Gasteiger charge is -2.27. The van der Waals surface area contributed by atoms with Gasteiger partial charge in [0.05, 0.1) is 16.3 Å². The molecular weight excluding hydrogens is 346 g/mol. The highest BCUT2D eigenvalue weighted by Gasteiger charge is 2.32. The molecule has 0 atom stereocenters. The summed E-state index contributed by atoms with van der Waals surface area (Å²) in [5.41, 5.74) is 0.148. The number of nitrogens with zero attached hydrogens (tertiary/aromatic N) is 2. The van der Waals surface area contributed by atoms with E-state index in [9.17, 15) is 17.2 Å². The van der Waals surface area contributed by atoms with Crippen molar-refractivity contribution in [3.63, 3.8) is 0 Å². The second-order valence-corrected chi connectivity index (χ2v) is 7.04. The van der Waals surface area contributed by atoms with Gasteiger partial charge in [-0.2, -0.15) is 5.26 Å². The van der Waals surface area contributed by atoms with E-state index in [0.717, 1.165) is 18.3 Å². The number of benzene rings is 2. The minimum absolute atomic E-state index is 0.0358. The highest BCUT2D eigenvalue weighted by atomic mass is 35.5.